The van der Waals surface area contributed by atoms with Crippen LogP contribution in [0.5, 0.6) is 0 Å². The first-order valence-electron chi connectivity index (χ1n) is 29.3. The predicted octanol–water partition coefficient (Wildman–Crippen LogP) is 15.2. The van der Waals surface area contributed by atoms with E-state index in [1.807, 2.05) is 21.1 Å². The Kier molecular flexibility index (Phi) is 52.2. The maximum Gasteiger partial charge on any atom is 0.306 e. The molecule has 0 saturated carbocycles. The Morgan fingerprint density at radius 1 is 0.319 bits per heavy atom. The summed E-state index contributed by atoms with van der Waals surface area (Å²) in [6.07, 6.45) is 62.2. The van der Waals surface area contributed by atoms with E-state index >= 15 is 0 Å². The van der Waals surface area contributed by atoms with Crippen LogP contribution in [0.2, 0.25) is 0 Å². The average Bonchev–Trinajstić information content (AvgIpc) is 3.32. The maximum atomic E-state index is 13.1. The number of hydrogen-bond donors (Lipinski definition) is 0. The van der Waals surface area contributed by atoms with Crippen molar-refractivity contribution < 1.29 is 45.5 Å². The average molecular weight is 993 g/mol. The van der Waals surface area contributed by atoms with Gasteiger partial charge in [0.2, 0.25) is 5.54 Å². The molecular weight excluding hydrogens is 878 g/mol. The molecule has 7 nitrogen and oxygen atoms in total. The Hall–Kier alpha value is -2.12. The minimum Gasteiger partial charge on any atom is -1.00 e. The number of nitrogens with zero attached hydrogens (tertiary/aromatic N) is 1. The number of quaternary nitrogens is 1. The van der Waals surface area contributed by atoms with E-state index in [1.165, 1.54) is 173 Å². The molecule has 69 heavy (non-hydrogen) atoms. The van der Waals surface area contributed by atoms with Gasteiger partial charge in [0.25, 0.3) is 0 Å². The van der Waals surface area contributed by atoms with Gasteiger partial charge >= 0.3 is 17.9 Å². The Morgan fingerprint density at radius 2 is 0.507 bits per heavy atom. The molecule has 0 aliphatic carbocycles. The van der Waals surface area contributed by atoms with Crippen LogP contribution in [0.4, 0.5) is 0 Å². The van der Waals surface area contributed by atoms with Gasteiger partial charge in [-0.15, -0.1) is 0 Å². The summed E-state index contributed by atoms with van der Waals surface area (Å²) >= 11 is 0. The molecule has 0 rings (SSSR count). The number of hydrogen-bond acceptors (Lipinski definition) is 6. The molecule has 0 aromatic carbocycles. The maximum absolute atomic E-state index is 13.1. The molecule has 0 atom stereocenters. The lowest BCUT2D eigenvalue weighted by atomic mass is 9.98. The molecule has 0 aliphatic heterocycles. The lowest BCUT2D eigenvalue weighted by Crippen LogP contribution is -3.00. The summed E-state index contributed by atoms with van der Waals surface area (Å²) in [6, 6.07) is 0. The minimum atomic E-state index is -0.922. The second-order valence-corrected chi connectivity index (χ2v) is 21.2. The molecule has 0 aliphatic rings. The predicted molar refractivity (Wildman–Crippen MR) is 292 cm³/mol. The van der Waals surface area contributed by atoms with Crippen LogP contribution >= 0.6 is 0 Å². The van der Waals surface area contributed by atoms with E-state index < -0.39 is 5.54 Å². The van der Waals surface area contributed by atoms with E-state index in [4.69, 9.17) is 14.2 Å². The Bertz CT molecular complexity index is 1090. The quantitative estimate of drug-likeness (QED) is 0.0199. The van der Waals surface area contributed by atoms with Crippen molar-refractivity contribution in [2.75, 3.05) is 41.0 Å². The van der Waals surface area contributed by atoms with Gasteiger partial charge in [-0.1, -0.05) is 211 Å². The molecule has 0 bridgehead atoms. The number of ether oxygens (including phenoxy) is 3. The second-order valence-electron chi connectivity index (χ2n) is 21.2. The molecule has 8 heteroatoms. The highest BCUT2D eigenvalue weighted by atomic mass is 35.5. The Labute approximate surface area is 435 Å². The first-order chi connectivity index (χ1) is 33.1. The SMILES string of the molecule is CCCCCCCCC=CCCCCCCCC(=O)OCC(COC(=O)CCCCCCC/C=C\CCCCCCCC)(COC(=O)CCCCCCC/C=C\CCCCCCCC)[N+](C)(C)C.[Cl-]. The van der Waals surface area contributed by atoms with Crippen LogP contribution in [-0.2, 0) is 28.6 Å². The fourth-order valence-electron chi connectivity index (χ4n) is 8.59. The van der Waals surface area contributed by atoms with Crippen molar-refractivity contribution in [2.45, 2.75) is 296 Å². The third-order valence-corrected chi connectivity index (χ3v) is 13.9. The lowest BCUT2D eigenvalue weighted by Gasteiger charge is -2.44. The van der Waals surface area contributed by atoms with Gasteiger partial charge in [0.05, 0.1) is 21.1 Å². The van der Waals surface area contributed by atoms with Crippen LogP contribution in [0, 0.1) is 0 Å². The fourth-order valence-corrected chi connectivity index (χ4v) is 8.59. The summed E-state index contributed by atoms with van der Waals surface area (Å²) in [5, 5.41) is 0. The largest absolute Gasteiger partial charge is 1.00 e. The molecule has 406 valence electrons. The lowest BCUT2D eigenvalue weighted by molar-refractivity contribution is -0.925. The molecule has 0 spiro atoms. The summed E-state index contributed by atoms with van der Waals surface area (Å²) < 4.78 is 18.1. The highest BCUT2D eigenvalue weighted by molar-refractivity contribution is 5.70. The normalized spacial score (nSPS) is 12.1. The molecule has 0 heterocycles. The van der Waals surface area contributed by atoms with Crippen molar-refractivity contribution in [3.05, 3.63) is 36.5 Å². The van der Waals surface area contributed by atoms with Crippen LogP contribution in [0.15, 0.2) is 36.5 Å². The number of carbonyl (C=O) groups excluding carboxylic acids is 3. The van der Waals surface area contributed by atoms with E-state index in [0.29, 0.717) is 23.7 Å². The van der Waals surface area contributed by atoms with Crippen molar-refractivity contribution in [2.24, 2.45) is 0 Å². The summed E-state index contributed by atoms with van der Waals surface area (Å²) in [7, 11) is 5.98. The molecule has 0 aromatic heterocycles. The van der Waals surface area contributed by atoms with Crippen LogP contribution in [-0.4, -0.2) is 68.9 Å². The van der Waals surface area contributed by atoms with Gasteiger partial charge in [-0.2, -0.15) is 0 Å². The molecular formula is C61H114ClNO6. The molecule has 0 unspecified atom stereocenters. The minimum absolute atomic E-state index is 0. The highest BCUT2D eigenvalue weighted by Crippen LogP contribution is 2.24. The standard InChI is InChI=1S/C61H114NO6.ClH/c1-7-10-13-16-19-22-25-28-31-34-37-40-43-46-49-52-58(63)66-55-61(62(4,5)6,56-67-59(64)53-50-47-44-41-38-35-32-29-26-23-20-17-14-11-8-2)57-68-60(65)54-51-48-45-42-39-36-33-30-27-24-21-18-15-12-9-3;/h28-33H,7-27,34-57H2,1-6H3;1H/q+1;/p-1/b31-28-,32-29-,33-30?;. The van der Waals surface area contributed by atoms with Gasteiger partial charge in [-0.3, -0.25) is 14.4 Å². The van der Waals surface area contributed by atoms with Gasteiger partial charge < -0.3 is 31.1 Å². The van der Waals surface area contributed by atoms with E-state index in [-0.39, 0.29) is 50.1 Å². The molecule has 0 fully saturated rings. The van der Waals surface area contributed by atoms with Crippen LogP contribution < -0.4 is 12.4 Å². The van der Waals surface area contributed by atoms with E-state index in [0.717, 1.165) is 77.0 Å². The smallest absolute Gasteiger partial charge is 0.306 e. The van der Waals surface area contributed by atoms with E-state index in [2.05, 4.69) is 57.2 Å². The molecule has 0 N–H and O–H groups in total. The third kappa shape index (κ3) is 46.7. The molecule has 0 amide bonds. The Morgan fingerprint density at radius 3 is 0.710 bits per heavy atom. The number of esters is 3. The number of carbonyl (C=O) groups is 3. The van der Waals surface area contributed by atoms with Gasteiger partial charge in [0.1, 0.15) is 0 Å². The monoisotopic (exact) mass is 992 g/mol. The number of unbranched alkanes of at least 4 members (excludes halogenated alkanes) is 33. The number of rotatable bonds is 52. The van der Waals surface area contributed by atoms with E-state index in [1.54, 1.807) is 0 Å². The zero-order chi connectivity index (χ0) is 49.9. The van der Waals surface area contributed by atoms with Crippen molar-refractivity contribution in [1.29, 1.82) is 0 Å². The summed E-state index contributed by atoms with van der Waals surface area (Å²) in [5.41, 5.74) is -0.922. The zero-order valence-electron chi connectivity index (χ0n) is 46.6. The first-order valence-corrected chi connectivity index (χ1v) is 29.3. The van der Waals surface area contributed by atoms with Crippen LogP contribution in [0.1, 0.15) is 290 Å². The van der Waals surface area contributed by atoms with Crippen molar-refractivity contribution >= 4 is 17.9 Å². The first kappa shape index (κ1) is 69.0. The number of allylic oxidation sites excluding steroid dienone is 6. The number of halogens is 1. The Balaban J connectivity index is 0. The number of likely N-dealkylation sites (N-methyl/N-ethyl adjacent to an activating group) is 1. The third-order valence-electron chi connectivity index (χ3n) is 13.9. The zero-order valence-corrected chi connectivity index (χ0v) is 47.3. The summed E-state index contributed by atoms with van der Waals surface area (Å²) in [5.74, 6) is -0.751. The van der Waals surface area contributed by atoms with E-state index in [9.17, 15) is 14.4 Å². The summed E-state index contributed by atoms with van der Waals surface area (Å²) in [4.78, 5) is 39.3. The van der Waals surface area contributed by atoms with Crippen molar-refractivity contribution in [3.8, 4) is 0 Å². The van der Waals surface area contributed by atoms with Gasteiger partial charge in [0, 0.05) is 19.3 Å². The van der Waals surface area contributed by atoms with Crippen molar-refractivity contribution in [1.82, 2.24) is 0 Å². The summed E-state index contributed by atoms with van der Waals surface area (Å²) in [6.45, 7) is 6.84. The topological polar surface area (TPSA) is 78.9 Å². The molecule has 0 aromatic rings. The van der Waals surface area contributed by atoms with Crippen LogP contribution in [0.25, 0.3) is 0 Å². The highest BCUT2D eigenvalue weighted by Gasteiger charge is 2.47. The fraction of sp³-hybridized carbons (Fsp3) is 0.852. The van der Waals surface area contributed by atoms with Crippen molar-refractivity contribution in [3.63, 3.8) is 0 Å². The van der Waals surface area contributed by atoms with Gasteiger partial charge in [-0.05, 0) is 96.3 Å². The second kappa shape index (κ2) is 52.2. The van der Waals surface area contributed by atoms with Gasteiger partial charge in [-0.25, -0.2) is 0 Å². The molecule has 0 saturated heterocycles. The van der Waals surface area contributed by atoms with Crippen LogP contribution in [0.3, 0.4) is 0 Å². The van der Waals surface area contributed by atoms with Gasteiger partial charge in [0.15, 0.2) is 19.8 Å². The molecule has 0 radical (unpaired) electrons.